The van der Waals surface area contributed by atoms with Crippen molar-refractivity contribution in [1.29, 1.82) is 0 Å². The van der Waals surface area contributed by atoms with Crippen molar-refractivity contribution in [1.82, 2.24) is 0 Å². The molecule has 0 atom stereocenters. The first-order valence-electron chi connectivity index (χ1n) is 7.97. The van der Waals surface area contributed by atoms with Gasteiger partial charge in [0.15, 0.2) is 0 Å². The molecule has 2 nitrogen and oxygen atoms in total. The third-order valence-electron chi connectivity index (χ3n) is 4.15. The molecule has 5 heteroatoms. The van der Waals surface area contributed by atoms with Crippen LogP contribution < -0.4 is 10.4 Å². The third-order valence-corrected chi connectivity index (χ3v) is 9.13. The van der Waals surface area contributed by atoms with Gasteiger partial charge in [0.25, 0.3) is 14.2 Å². The standard InChI is InChI=1S/C19H24F2O2Si/c1-18(2,3)24(16-10-6-4-7-11-16,17-12-8-5-9-13-17)23-15-19(20,21)14-22/h4-13,22H,14-15H2,1-3H3. The van der Waals surface area contributed by atoms with Gasteiger partial charge in [-0.15, -0.1) is 0 Å². The second kappa shape index (κ2) is 7.13. The molecule has 0 amide bonds. The lowest BCUT2D eigenvalue weighted by Gasteiger charge is -2.43. The van der Waals surface area contributed by atoms with Crippen molar-refractivity contribution < 1.29 is 18.3 Å². The molecule has 24 heavy (non-hydrogen) atoms. The van der Waals surface area contributed by atoms with Crippen molar-refractivity contribution in [3.63, 3.8) is 0 Å². The van der Waals surface area contributed by atoms with Gasteiger partial charge in [-0.2, -0.15) is 0 Å². The normalized spacial score (nSPS) is 13.1. The van der Waals surface area contributed by atoms with E-state index in [0.29, 0.717) is 0 Å². The van der Waals surface area contributed by atoms with Crippen LogP contribution in [0.1, 0.15) is 20.8 Å². The molecule has 0 radical (unpaired) electrons. The molecule has 2 aromatic rings. The maximum absolute atomic E-state index is 13.8. The Morgan fingerprint density at radius 1 is 0.875 bits per heavy atom. The minimum atomic E-state index is -3.26. The summed E-state index contributed by atoms with van der Waals surface area (Å²) in [5.74, 6) is -3.26. The molecule has 0 aromatic heterocycles. The van der Waals surface area contributed by atoms with Crippen LogP contribution >= 0.6 is 0 Å². The van der Waals surface area contributed by atoms with E-state index in [1.165, 1.54) is 0 Å². The molecule has 0 spiro atoms. The molecular formula is C19H24F2O2Si. The minimum Gasteiger partial charge on any atom is -0.401 e. The number of halogens is 2. The minimum absolute atomic E-state index is 0.360. The first kappa shape index (κ1) is 18.8. The van der Waals surface area contributed by atoms with Crippen molar-refractivity contribution >= 4 is 18.7 Å². The zero-order valence-corrected chi connectivity index (χ0v) is 15.3. The smallest absolute Gasteiger partial charge is 0.292 e. The van der Waals surface area contributed by atoms with Gasteiger partial charge in [-0.1, -0.05) is 81.4 Å². The number of aliphatic hydroxyl groups excluding tert-OH is 1. The van der Waals surface area contributed by atoms with E-state index < -0.39 is 27.5 Å². The quantitative estimate of drug-likeness (QED) is 0.811. The Morgan fingerprint density at radius 2 is 1.29 bits per heavy atom. The maximum Gasteiger partial charge on any atom is 0.292 e. The Balaban J connectivity index is 2.62. The average Bonchev–Trinajstić information content (AvgIpc) is 2.56. The van der Waals surface area contributed by atoms with E-state index in [2.05, 4.69) is 0 Å². The van der Waals surface area contributed by atoms with Crippen LogP contribution in [-0.2, 0) is 4.43 Å². The highest BCUT2D eigenvalue weighted by Gasteiger charge is 2.51. The molecule has 0 aliphatic rings. The zero-order valence-electron chi connectivity index (χ0n) is 14.3. The van der Waals surface area contributed by atoms with E-state index in [1.54, 1.807) is 0 Å². The SMILES string of the molecule is CC(C)(C)[Si](OCC(F)(F)CO)(c1ccccc1)c1ccccc1. The van der Waals surface area contributed by atoms with Crippen LogP contribution in [0.4, 0.5) is 8.78 Å². The summed E-state index contributed by atoms with van der Waals surface area (Å²) < 4.78 is 33.6. The predicted molar refractivity (Wildman–Crippen MR) is 95.6 cm³/mol. The first-order valence-corrected chi connectivity index (χ1v) is 9.87. The number of alkyl halides is 2. The monoisotopic (exact) mass is 350 g/mol. The van der Waals surface area contributed by atoms with Crippen LogP contribution in [0, 0.1) is 0 Å². The van der Waals surface area contributed by atoms with Gasteiger partial charge in [-0.3, -0.25) is 0 Å². The van der Waals surface area contributed by atoms with Gasteiger partial charge in [0.05, 0.1) is 0 Å². The molecule has 0 saturated heterocycles. The van der Waals surface area contributed by atoms with E-state index in [4.69, 9.17) is 9.53 Å². The number of hydrogen-bond acceptors (Lipinski definition) is 2. The molecule has 2 aromatic carbocycles. The maximum atomic E-state index is 13.8. The fourth-order valence-corrected chi connectivity index (χ4v) is 7.60. The van der Waals surface area contributed by atoms with Crippen LogP contribution in [-0.4, -0.2) is 32.6 Å². The van der Waals surface area contributed by atoms with Crippen molar-refractivity contribution in [2.24, 2.45) is 0 Å². The first-order chi connectivity index (χ1) is 11.2. The number of benzene rings is 2. The summed E-state index contributed by atoms with van der Waals surface area (Å²) in [5, 5.41) is 10.4. The Bertz CT molecular complexity index is 600. The van der Waals surface area contributed by atoms with E-state index in [1.807, 2.05) is 81.4 Å². The Kier molecular flexibility index (Phi) is 5.58. The molecule has 0 heterocycles. The summed E-state index contributed by atoms with van der Waals surface area (Å²) in [6.45, 7) is 4.06. The summed E-state index contributed by atoms with van der Waals surface area (Å²) in [4.78, 5) is 0. The third kappa shape index (κ3) is 3.74. The number of hydrogen-bond donors (Lipinski definition) is 1. The number of rotatable bonds is 6. The largest absolute Gasteiger partial charge is 0.401 e. The lowest BCUT2D eigenvalue weighted by atomic mass is 10.2. The molecule has 0 unspecified atom stereocenters. The van der Waals surface area contributed by atoms with Gasteiger partial charge in [-0.05, 0) is 15.4 Å². The lowest BCUT2D eigenvalue weighted by Crippen LogP contribution is -2.67. The molecule has 1 N–H and O–H groups in total. The van der Waals surface area contributed by atoms with E-state index >= 15 is 0 Å². The van der Waals surface area contributed by atoms with Crippen LogP contribution in [0.15, 0.2) is 60.7 Å². The zero-order chi connectivity index (χ0) is 17.8. The van der Waals surface area contributed by atoms with Gasteiger partial charge in [-0.25, -0.2) is 8.78 Å². The molecular weight excluding hydrogens is 326 g/mol. The molecule has 0 fully saturated rings. The van der Waals surface area contributed by atoms with E-state index in [9.17, 15) is 8.78 Å². The van der Waals surface area contributed by atoms with Gasteiger partial charge >= 0.3 is 0 Å². The topological polar surface area (TPSA) is 29.5 Å². The Labute approximate surface area is 143 Å². The van der Waals surface area contributed by atoms with Crippen LogP contribution in [0.25, 0.3) is 0 Å². The van der Waals surface area contributed by atoms with E-state index in [0.717, 1.165) is 10.4 Å². The summed E-state index contributed by atoms with van der Waals surface area (Å²) in [7, 11) is -2.97. The average molecular weight is 350 g/mol. The van der Waals surface area contributed by atoms with Gasteiger partial charge in [0.2, 0.25) is 0 Å². The van der Waals surface area contributed by atoms with Crippen molar-refractivity contribution in [3.05, 3.63) is 60.7 Å². The fraction of sp³-hybridized carbons (Fsp3) is 0.368. The summed E-state index contributed by atoms with van der Waals surface area (Å²) in [6.07, 6.45) is 0. The highest BCUT2D eigenvalue weighted by molar-refractivity contribution is 6.99. The van der Waals surface area contributed by atoms with Crippen molar-refractivity contribution in [3.8, 4) is 0 Å². The van der Waals surface area contributed by atoms with Crippen molar-refractivity contribution in [2.75, 3.05) is 13.2 Å². The summed E-state index contributed by atoms with van der Waals surface area (Å²) >= 11 is 0. The molecule has 130 valence electrons. The van der Waals surface area contributed by atoms with Gasteiger partial charge < -0.3 is 9.53 Å². The Morgan fingerprint density at radius 3 is 1.62 bits per heavy atom. The predicted octanol–water partition coefficient (Wildman–Crippen LogP) is 3.19. The molecule has 0 bridgehead atoms. The van der Waals surface area contributed by atoms with Gasteiger partial charge in [0, 0.05) is 0 Å². The molecule has 0 aliphatic carbocycles. The molecule has 2 rings (SSSR count). The Hall–Kier alpha value is -1.56. The van der Waals surface area contributed by atoms with E-state index in [-0.39, 0.29) is 5.04 Å². The second-order valence-corrected chi connectivity index (χ2v) is 11.3. The highest BCUT2D eigenvalue weighted by Crippen LogP contribution is 2.37. The fourth-order valence-electron chi connectivity index (χ4n) is 3.02. The second-order valence-electron chi connectivity index (χ2n) is 6.97. The van der Waals surface area contributed by atoms with Crippen LogP contribution in [0.3, 0.4) is 0 Å². The van der Waals surface area contributed by atoms with Crippen LogP contribution in [0.2, 0.25) is 5.04 Å². The lowest BCUT2D eigenvalue weighted by molar-refractivity contribution is -0.0824. The highest BCUT2D eigenvalue weighted by atomic mass is 28.4. The summed E-state index contributed by atoms with van der Waals surface area (Å²) in [6, 6.07) is 19.2. The van der Waals surface area contributed by atoms with Crippen molar-refractivity contribution in [2.45, 2.75) is 31.7 Å². The molecule has 0 saturated carbocycles. The van der Waals surface area contributed by atoms with Crippen LogP contribution in [0.5, 0.6) is 0 Å². The molecule has 0 aliphatic heterocycles. The number of aliphatic hydroxyl groups is 1. The summed E-state index contributed by atoms with van der Waals surface area (Å²) in [5.41, 5.74) is 0. The van der Waals surface area contributed by atoms with Gasteiger partial charge in [0.1, 0.15) is 13.2 Å².